The first-order valence-corrected chi connectivity index (χ1v) is 5.49. The summed E-state index contributed by atoms with van der Waals surface area (Å²) in [5, 5.41) is 0.696. The van der Waals surface area contributed by atoms with Crippen molar-refractivity contribution < 1.29 is 14.3 Å². The largest absolute Gasteiger partial charge is 0.497 e. The molecule has 18 heavy (non-hydrogen) atoms. The van der Waals surface area contributed by atoms with Crippen molar-refractivity contribution >= 4 is 29.7 Å². The Morgan fingerprint density at radius 2 is 1.94 bits per heavy atom. The van der Waals surface area contributed by atoms with Gasteiger partial charge >= 0.3 is 0 Å². The van der Waals surface area contributed by atoms with E-state index in [1.807, 2.05) is 4.94 Å². The summed E-state index contributed by atoms with van der Waals surface area (Å²) in [6, 6.07) is 7.11. The van der Waals surface area contributed by atoms with Crippen molar-refractivity contribution in [2.75, 3.05) is 7.11 Å². The molecule has 0 aliphatic carbocycles. The topological polar surface area (TPSA) is 58.6 Å². The number of carbonyl (C=O) groups is 2. The Morgan fingerprint density at radius 1 is 1.33 bits per heavy atom. The van der Waals surface area contributed by atoms with Gasteiger partial charge in [-0.3, -0.25) is 9.59 Å². The number of rotatable bonds is 4. The summed E-state index contributed by atoms with van der Waals surface area (Å²) in [6.07, 6.45) is 2.82. The molecule has 96 valence electrons. The standard InChI is InChI=1S/C12H13ClN2O3/c1-9(16)15(14-13)12(17)8-5-10-3-6-11(18-2)7-4-10/h3-8,14H,1-2H3. The average molecular weight is 269 g/mol. The normalized spacial score (nSPS) is 10.4. The zero-order chi connectivity index (χ0) is 13.5. The van der Waals surface area contributed by atoms with Crippen LogP contribution in [0.15, 0.2) is 30.3 Å². The number of hydrogen-bond donors (Lipinski definition) is 1. The van der Waals surface area contributed by atoms with Gasteiger partial charge in [0.1, 0.15) is 5.75 Å². The summed E-state index contributed by atoms with van der Waals surface area (Å²) < 4.78 is 5.01. The van der Waals surface area contributed by atoms with Crippen molar-refractivity contribution in [2.24, 2.45) is 0 Å². The molecule has 1 N–H and O–H groups in total. The second kappa shape index (κ2) is 6.78. The van der Waals surface area contributed by atoms with Gasteiger partial charge in [0.15, 0.2) is 0 Å². The Kier molecular flexibility index (Phi) is 5.35. The average Bonchev–Trinajstić information content (AvgIpc) is 2.37. The fourth-order valence-corrected chi connectivity index (χ4v) is 1.42. The van der Waals surface area contributed by atoms with Gasteiger partial charge in [0.05, 0.1) is 7.11 Å². The van der Waals surface area contributed by atoms with Gasteiger partial charge in [-0.15, -0.1) is 4.94 Å². The van der Waals surface area contributed by atoms with Crippen LogP contribution >= 0.6 is 11.8 Å². The highest BCUT2D eigenvalue weighted by molar-refractivity contribution is 6.16. The highest BCUT2D eigenvalue weighted by atomic mass is 35.5. The molecule has 0 aromatic heterocycles. The fourth-order valence-electron chi connectivity index (χ4n) is 1.21. The number of amides is 2. The molecule has 0 aliphatic rings. The van der Waals surface area contributed by atoms with Crippen LogP contribution < -0.4 is 9.68 Å². The van der Waals surface area contributed by atoms with E-state index in [9.17, 15) is 9.59 Å². The molecule has 0 saturated heterocycles. The van der Waals surface area contributed by atoms with Crippen molar-refractivity contribution in [3.05, 3.63) is 35.9 Å². The van der Waals surface area contributed by atoms with Crippen molar-refractivity contribution in [1.29, 1.82) is 0 Å². The SMILES string of the molecule is COc1ccc(C=CC(=O)N(NCl)C(C)=O)cc1. The molecule has 0 radical (unpaired) electrons. The molecular formula is C12H13ClN2O3. The number of carbonyl (C=O) groups excluding carboxylic acids is 2. The van der Waals surface area contributed by atoms with Gasteiger partial charge in [0.2, 0.25) is 5.91 Å². The zero-order valence-electron chi connectivity index (χ0n) is 10.0. The first-order chi connectivity index (χ1) is 8.58. The molecule has 2 amide bonds. The maximum Gasteiger partial charge on any atom is 0.268 e. The predicted octanol–water partition coefficient (Wildman–Crippen LogP) is 1.74. The van der Waals surface area contributed by atoms with Crippen molar-refractivity contribution in [1.82, 2.24) is 9.95 Å². The number of nitrogens with zero attached hydrogens (tertiary/aromatic N) is 1. The number of nitrogens with one attached hydrogen (secondary N) is 1. The molecule has 1 aromatic carbocycles. The summed E-state index contributed by atoms with van der Waals surface area (Å²) >= 11 is 5.26. The lowest BCUT2D eigenvalue weighted by Crippen LogP contribution is -2.40. The monoisotopic (exact) mass is 268 g/mol. The van der Waals surface area contributed by atoms with E-state index < -0.39 is 11.8 Å². The van der Waals surface area contributed by atoms with E-state index in [0.29, 0.717) is 5.01 Å². The molecule has 0 spiro atoms. The summed E-state index contributed by atoms with van der Waals surface area (Å²) in [4.78, 5) is 24.6. The van der Waals surface area contributed by atoms with E-state index in [1.165, 1.54) is 13.0 Å². The number of imide groups is 1. The lowest BCUT2D eigenvalue weighted by Gasteiger charge is -2.12. The third-order valence-electron chi connectivity index (χ3n) is 2.15. The van der Waals surface area contributed by atoms with Crippen LogP contribution in [0.2, 0.25) is 0 Å². The number of benzene rings is 1. The quantitative estimate of drug-likeness (QED) is 0.513. The van der Waals surface area contributed by atoms with Crippen molar-refractivity contribution in [3.63, 3.8) is 0 Å². The Bertz CT molecular complexity index is 457. The summed E-state index contributed by atoms with van der Waals surface area (Å²) in [6.45, 7) is 1.23. The van der Waals surface area contributed by atoms with Gasteiger partial charge in [-0.05, 0) is 35.5 Å². The second-order valence-corrected chi connectivity index (χ2v) is 3.55. The van der Waals surface area contributed by atoms with Crippen LogP contribution in [0.1, 0.15) is 12.5 Å². The molecule has 5 nitrogen and oxygen atoms in total. The maximum absolute atomic E-state index is 11.6. The summed E-state index contributed by atoms with van der Waals surface area (Å²) in [5.41, 5.74) is 0.808. The Hall–Kier alpha value is -1.85. The molecule has 0 aliphatic heterocycles. The van der Waals surface area contributed by atoms with E-state index >= 15 is 0 Å². The number of hydrazine groups is 1. The third-order valence-corrected chi connectivity index (χ3v) is 2.32. The van der Waals surface area contributed by atoms with E-state index in [4.69, 9.17) is 16.5 Å². The summed E-state index contributed by atoms with van der Waals surface area (Å²) in [7, 11) is 1.57. The molecular weight excluding hydrogens is 256 g/mol. The van der Waals surface area contributed by atoms with Crippen LogP contribution in [0.4, 0.5) is 0 Å². The van der Waals surface area contributed by atoms with Crippen LogP contribution in [-0.4, -0.2) is 23.9 Å². The first-order valence-electron chi connectivity index (χ1n) is 5.11. The van der Waals surface area contributed by atoms with Gasteiger partial charge < -0.3 is 4.74 Å². The molecule has 1 aromatic rings. The first kappa shape index (κ1) is 14.2. The van der Waals surface area contributed by atoms with E-state index in [0.717, 1.165) is 11.3 Å². The lowest BCUT2D eigenvalue weighted by atomic mass is 10.2. The highest BCUT2D eigenvalue weighted by Gasteiger charge is 2.13. The van der Waals surface area contributed by atoms with Crippen LogP contribution in [0.3, 0.4) is 0 Å². The Morgan fingerprint density at radius 3 is 2.39 bits per heavy atom. The van der Waals surface area contributed by atoms with E-state index in [2.05, 4.69) is 0 Å². The fraction of sp³-hybridized carbons (Fsp3) is 0.167. The molecule has 0 unspecified atom stereocenters. The number of hydrogen-bond acceptors (Lipinski definition) is 4. The van der Waals surface area contributed by atoms with E-state index in [-0.39, 0.29) is 0 Å². The van der Waals surface area contributed by atoms with Crippen LogP contribution in [0, 0.1) is 0 Å². The van der Waals surface area contributed by atoms with Crippen LogP contribution in [0.5, 0.6) is 5.75 Å². The molecule has 1 rings (SSSR count). The number of halogens is 1. The highest BCUT2D eigenvalue weighted by Crippen LogP contribution is 2.12. The number of ether oxygens (including phenoxy) is 1. The minimum Gasteiger partial charge on any atom is -0.497 e. The Balaban J connectivity index is 2.73. The molecule has 0 bridgehead atoms. The Labute approximate surface area is 110 Å². The van der Waals surface area contributed by atoms with Crippen LogP contribution in [0.25, 0.3) is 6.08 Å². The minimum atomic E-state index is -0.548. The van der Waals surface area contributed by atoms with Gasteiger partial charge in [-0.1, -0.05) is 12.1 Å². The van der Waals surface area contributed by atoms with Gasteiger partial charge in [0.25, 0.3) is 5.91 Å². The molecule has 0 saturated carbocycles. The maximum atomic E-state index is 11.6. The van der Waals surface area contributed by atoms with Gasteiger partial charge in [-0.25, -0.2) is 0 Å². The second-order valence-electron chi connectivity index (χ2n) is 3.38. The minimum absolute atomic E-state index is 0.491. The van der Waals surface area contributed by atoms with Crippen LogP contribution in [-0.2, 0) is 9.59 Å². The molecule has 0 fully saturated rings. The molecule has 0 heterocycles. The molecule has 0 atom stereocenters. The molecule has 6 heteroatoms. The van der Waals surface area contributed by atoms with Crippen molar-refractivity contribution in [3.8, 4) is 5.75 Å². The summed E-state index contributed by atoms with van der Waals surface area (Å²) in [5.74, 6) is -0.311. The number of methoxy groups -OCH3 is 1. The van der Waals surface area contributed by atoms with Gasteiger partial charge in [-0.2, -0.15) is 5.01 Å². The predicted molar refractivity (Wildman–Crippen MR) is 68.5 cm³/mol. The van der Waals surface area contributed by atoms with E-state index in [1.54, 1.807) is 37.5 Å². The smallest absolute Gasteiger partial charge is 0.268 e. The third kappa shape index (κ3) is 3.87. The van der Waals surface area contributed by atoms with Gasteiger partial charge in [0, 0.05) is 13.0 Å². The lowest BCUT2D eigenvalue weighted by molar-refractivity contribution is -0.142. The van der Waals surface area contributed by atoms with Crippen molar-refractivity contribution in [2.45, 2.75) is 6.92 Å². The zero-order valence-corrected chi connectivity index (χ0v) is 10.8.